The van der Waals surface area contributed by atoms with Gasteiger partial charge in [-0.3, -0.25) is 4.68 Å². The zero-order chi connectivity index (χ0) is 13.2. The van der Waals surface area contributed by atoms with E-state index in [9.17, 15) is 8.42 Å². The van der Waals surface area contributed by atoms with Gasteiger partial charge in [0.25, 0.3) is 0 Å². The Bertz CT molecular complexity index is 507. The van der Waals surface area contributed by atoms with Crippen molar-refractivity contribution in [2.75, 3.05) is 11.5 Å². The maximum Gasteiger partial charge on any atom is 0.151 e. The van der Waals surface area contributed by atoms with Crippen LogP contribution < -0.4 is 5.32 Å². The van der Waals surface area contributed by atoms with E-state index in [0.717, 1.165) is 30.8 Å². The molecule has 1 aromatic heterocycles. The van der Waals surface area contributed by atoms with E-state index in [-0.39, 0.29) is 11.8 Å². The van der Waals surface area contributed by atoms with Crippen LogP contribution in [0.1, 0.15) is 31.7 Å². The molecule has 2 heterocycles. The summed E-state index contributed by atoms with van der Waals surface area (Å²) in [7, 11) is -2.80. The zero-order valence-electron chi connectivity index (χ0n) is 11.0. The molecule has 6 heteroatoms. The van der Waals surface area contributed by atoms with Gasteiger partial charge in [0, 0.05) is 19.1 Å². The van der Waals surface area contributed by atoms with E-state index >= 15 is 0 Å². The van der Waals surface area contributed by atoms with Crippen LogP contribution in [0.3, 0.4) is 0 Å². The highest BCUT2D eigenvalue weighted by Gasteiger charge is 2.27. The molecular formula is C12H21N3O2S. The number of nitrogens with one attached hydrogen (secondary N) is 1. The highest BCUT2D eigenvalue weighted by atomic mass is 32.2. The first-order chi connectivity index (χ1) is 8.54. The number of rotatable bonds is 5. The highest BCUT2D eigenvalue weighted by molar-refractivity contribution is 7.91. The minimum Gasteiger partial charge on any atom is -0.307 e. The Morgan fingerprint density at radius 2 is 2.28 bits per heavy atom. The van der Waals surface area contributed by atoms with Crippen molar-refractivity contribution in [2.45, 2.75) is 45.8 Å². The molecule has 1 aromatic rings. The van der Waals surface area contributed by atoms with Gasteiger partial charge in [-0.2, -0.15) is 5.10 Å². The van der Waals surface area contributed by atoms with E-state index in [0.29, 0.717) is 12.3 Å². The average Bonchev–Trinajstić information content (AvgIpc) is 2.89. The van der Waals surface area contributed by atoms with Gasteiger partial charge >= 0.3 is 0 Å². The van der Waals surface area contributed by atoms with Crippen molar-refractivity contribution in [3.63, 3.8) is 0 Å². The fourth-order valence-corrected chi connectivity index (χ4v) is 4.02. The van der Waals surface area contributed by atoms with Crippen LogP contribution in [-0.2, 0) is 29.3 Å². The minimum absolute atomic E-state index is 0.0975. The van der Waals surface area contributed by atoms with Crippen LogP contribution in [0, 0.1) is 0 Å². The van der Waals surface area contributed by atoms with E-state index in [1.165, 1.54) is 0 Å². The smallest absolute Gasteiger partial charge is 0.151 e. The number of sulfone groups is 1. The standard InChI is InChI=1S/C12H21N3O2S/c1-3-10-7-12(15(4-2)14-10)8-13-11-5-6-18(16,17)9-11/h7,11,13H,3-6,8-9H2,1-2H3. The lowest BCUT2D eigenvalue weighted by molar-refractivity contribution is 0.520. The zero-order valence-corrected chi connectivity index (χ0v) is 11.8. The maximum absolute atomic E-state index is 11.4. The van der Waals surface area contributed by atoms with Crippen molar-refractivity contribution in [2.24, 2.45) is 0 Å². The number of aryl methyl sites for hydroxylation is 2. The largest absolute Gasteiger partial charge is 0.307 e. The molecule has 2 rings (SSSR count). The summed E-state index contributed by atoms with van der Waals surface area (Å²) in [6.07, 6.45) is 1.65. The van der Waals surface area contributed by atoms with Crippen molar-refractivity contribution in [3.05, 3.63) is 17.5 Å². The Morgan fingerprint density at radius 1 is 1.50 bits per heavy atom. The number of aromatic nitrogens is 2. The van der Waals surface area contributed by atoms with E-state index in [2.05, 4.69) is 30.3 Å². The van der Waals surface area contributed by atoms with Gasteiger partial charge in [-0.05, 0) is 25.8 Å². The molecule has 5 nitrogen and oxygen atoms in total. The quantitative estimate of drug-likeness (QED) is 0.858. The van der Waals surface area contributed by atoms with Gasteiger partial charge in [0.2, 0.25) is 0 Å². The monoisotopic (exact) mass is 271 g/mol. The predicted molar refractivity (Wildman–Crippen MR) is 71.2 cm³/mol. The SMILES string of the molecule is CCc1cc(CNC2CCS(=O)(=O)C2)n(CC)n1. The number of hydrogen-bond donors (Lipinski definition) is 1. The van der Waals surface area contributed by atoms with Crippen LogP contribution in [0.15, 0.2) is 6.07 Å². The third kappa shape index (κ3) is 3.11. The number of nitrogens with zero attached hydrogens (tertiary/aromatic N) is 2. The van der Waals surface area contributed by atoms with E-state index in [1.54, 1.807) is 0 Å². The molecule has 1 unspecified atom stereocenters. The van der Waals surface area contributed by atoms with Gasteiger partial charge < -0.3 is 5.32 Å². The first-order valence-electron chi connectivity index (χ1n) is 6.53. The van der Waals surface area contributed by atoms with Gasteiger partial charge in [-0.25, -0.2) is 8.42 Å². The summed E-state index contributed by atoms with van der Waals surface area (Å²) < 4.78 is 24.7. The Labute approximate surface area is 108 Å². The first kappa shape index (κ1) is 13.5. The third-order valence-electron chi connectivity index (χ3n) is 3.38. The Morgan fingerprint density at radius 3 is 2.83 bits per heavy atom. The molecule has 0 radical (unpaired) electrons. The first-order valence-corrected chi connectivity index (χ1v) is 8.35. The van der Waals surface area contributed by atoms with Gasteiger partial charge in [0.1, 0.15) is 0 Å². The fourth-order valence-electron chi connectivity index (χ4n) is 2.31. The molecule has 0 aliphatic carbocycles. The van der Waals surface area contributed by atoms with Crippen molar-refractivity contribution >= 4 is 9.84 Å². The summed E-state index contributed by atoms with van der Waals surface area (Å²) in [5.41, 5.74) is 2.23. The fraction of sp³-hybridized carbons (Fsp3) is 0.750. The topological polar surface area (TPSA) is 64.0 Å². The molecule has 1 fully saturated rings. The summed E-state index contributed by atoms with van der Waals surface area (Å²) in [4.78, 5) is 0. The Hall–Kier alpha value is -0.880. The second kappa shape index (κ2) is 5.40. The molecule has 1 aliphatic rings. The van der Waals surface area contributed by atoms with Crippen LogP contribution in [0.2, 0.25) is 0 Å². The van der Waals surface area contributed by atoms with Gasteiger partial charge in [-0.1, -0.05) is 6.92 Å². The molecule has 0 aromatic carbocycles. The van der Waals surface area contributed by atoms with Crippen molar-refractivity contribution < 1.29 is 8.42 Å². The molecule has 0 amide bonds. The minimum atomic E-state index is -2.80. The van der Waals surface area contributed by atoms with Crippen molar-refractivity contribution in [3.8, 4) is 0 Å². The van der Waals surface area contributed by atoms with Crippen LogP contribution in [0.4, 0.5) is 0 Å². The second-order valence-corrected chi connectivity index (χ2v) is 7.01. The van der Waals surface area contributed by atoms with E-state index < -0.39 is 9.84 Å². The number of hydrogen-bond acceptors (Lipinski definition) is 4. The highest BCUT2D eigenvalue weighted by Crippen LogP contribution is 2.12. The summed E-state index contributed by atoms with van der Waals surface area (Å²) in [6.45, 7) is 5.69. The molecule has 1 atom stereocenters. The molecule has 0 saturated carbocycles. The lowest BCUT2D eigenvalue weighted by Gasteiger charge is -2.11. The van der Waals surface area contributed by atoms with Crippen LogP contribution >= 0.6 is 0 Å². The van der Waals surface area contributed by atoms with E-state index in [1.807, 2.05) is 4.68 Å². The molecule has 0 bridgehead atoms. The second-order valence-electron chi connectivity index (χ2n) is 4.78. The summed E-state index contributed by atoms with van der Waals surface area (Å²) in [5, 5.41) is 7.81. The summed E-state index contributed by atoms with van der Waals surface area (Å²) >= 11 is 0. The lowest BCUT2D eigenvalue weighted by Crippen LogP contribution is -2.30. The molecular weight excluding hydrogens is 250 g/mol. The van der Waals surface area contributed by atoms with Gasteiger partial charge in [0.15, 0.2) is 9.84 Å². The molecule has 18 heavy (non-hydrogen) atoms. The van der Waals surface area contributed by atoms with Crippen molar-refractivity contribution in [1.82, 2.24) is 15.1 Å². The van der Waals surface area contributed by atoms with Gasteiger partial charge in [0.05, 0.1) is 22.9 Å². The predicted octanol–water partition coefficient (Wildman–Crippen LogP) is 0.742. The summed E-state index contributed by atoms with van der Waals surface area (Å²) in [6, 6.07) is 2.19. The normalized spacial score (nSPS) is 22.4. The Balaban J connectivity index is 1.96. The lowest BCUT2D eigenvalue weighted by atomic mass is 10.2. The molecule has 0 spiro atoms. The molecule has 1 N–H and O–H groups in total. The summed E-state index contributed by atoms with van der Waals surface area (Å²) in [5.74, 6) is 0.589. The maximum atomic E-state index is 11.4. The van der Waals surface area contributed by atoms with Crippen LogP contribution in [-0.4, -0.2) is 35.7 Å². The van der Waals surface area contributed by atoms with Crippen LogP contribution in [0.5, 0.6) is 0 Å². The third-order valence-corrected chi connectivity index (χ3v) is 5.15. The molecule has 102 valence electrons. The van der Waals surface area contributed by atoms with E-state index in [4.69, 9.17) is 0 Å². The molecule has 1 aliphatic heterocycles. The van der Waals surface area contributed by atoms with Crippen molar-refractivity contribution in [1.29, 1.82) is 0 Å². The molecule has 1 saturated heterocycles. The van der Waals surface area contributed by atoms with Crippen LogP contribution in [0.25, 0.3) is 0 Å². The average molecular weight is 271 g/mol. The van der Waals surface area contributed by atoms with Gasteiger partial charge in [-0.15, -0.1) is 0 Å². The Kier molecular flexibility index (Phi) is 4.07.